The smallest absolute Gasteiger partial charge is 0.0693 e. The van der Waals surface area contributed by atoms with Gasteiger partial charge >= 0.3 is 0 Å². The average molecular weight is 244 g/mol. The monoisotopic (exact) mass is 244 g/mol. The van der Waals surface area contributed by atoms with Crippen molar-refractivity contribution in [3.63, 3.8) is 0 Å². The summed E-state index contributed by atoms with van der Waals surface area (Å²) >= 11 is 2.06. The molecule has 3 nitrogen and oxygen atoms in total. The van der Waals surface area contributed by atoms with E-state index in [2.05, 4.69) is 22.0 Å². The molecule has 0 aromatic rings. The molecule has 1 aliphatic carbocycles. The van der Waals surface area contributed by atoms with Crippen molar-refractivity contribution in [1.82, 2.24) is 10.2 Å². The first-order valence-electron chi connectivity index (χ1n) is 6.58. The molecule has 4 heteroatoms. The second kappa shape index (κ2) is 6.84. The molecule has 0 unspecified atom stereocenters. The lowest BCUT2D eigenvalue weighted by molar-refractivity contribution is 0.0895. The predicted octanol–water partition coefficient (Wildman–Crippen LogP) is 0.928. The molecule has 2 fully saturated rings. The highest BCUT2D eigenvalue weighted by molar-refractivity contribution is 7.99. The summed E-state index contributed by atoms with van der Waals surface area (Å²) in [6.07, 6.45) is 4.50. The van der Waals surface area contributed by atoms with Crippen molar-refractivity contribution in [2.75, 3.05) is 37.7 Å². The molecule has 2 aliphatic rings. The average Bonchev–Trinajstić information content (AvgIpc) is 2.33. The quantitative estimate of drug-likeness (QED) is 0.771. The molecule has 2 N–H and O–H groups in total. The summed E-state index contributed by atoms with van der Waals surface area (Å²) in [5, 5.41) is 13.3. The number of aliphatic hydroxyl groups excluding tert-OH is 1. The molecule has 1 saturated heterocycles. The van der Waals surface area contributed by atoms with Crippen molar-refractivity contribution in [1.29, 1.82) is 0 Å². The molecular formula is C12H24N2OS. The van der Waals surface area contributed by atoms with Crippen LogP contribution < -0.4 is 5.32 Å². The number of hydrogen-bond acceptors (Lipinski definition) is 4. The van der Waals surface area contributed by atoms with E-state index < -0.39 is 0 Å². The molecule has 16 heavy (non-hydrogen) atoms. The fraction of sp³-hybridized carbons (Fsp3) is 1.00. The van der Waals surface area contributed by atoms with Crippen molar-refractivity contribution in [2.45, 2.75) is 37.8 Å². The molecule has 94 valence electrons. The van der Waals surface area contributed by atoms with E-state index in [1.54, 1.807) is 0 Å². The summed E-state index contributed by atoms with van der Waals surface area (Å²) in [6, 6.07) is 0.355. The summed E-state index contributed by atoms with van der Waals surface area (Å²) in [4.78, 5) is 2.53. The molecule has 0 radical (unpaired) electrons. The number of nitrogens with one attached hydrogen (secondary N) is 1. The Labute approximate surface area is 103 Å². The third kappa shape index (κ3) is 3.91. The Morgan fingerprint density at radius 2 is 1.94 bits per heavy atom. The third-order valence-corrected chi connectivity index (χ3v) is 4.61. The molecule has 2 rings (SSSR count). The maximum Gasteiger partial charge on any atom is 0.0693 e. The first kappa shape index (κ1) is 12.7. The van der Waals surface area contributed by atoms with Crippen LogP contribution in [0.2, 0.25) is 0 Å². The van der Waals surface area contributed by atoms with Gasteiger partial charge in [0, 0.05) is 43.7 Å². The van der Waals surface area contributed by atoms with Crippen molar-refractivity contribution < 1.29 is 5.11 Å². The van der Waals surface area contributed by atoms with Crippen molar-refractivity contribution in [3.8, 4) is 0 Å². The normalized spacial score (nSPS) is 32.8. The standard InChI is InChI=1S/C12H24N2OS/c15-12-4-2-1-3-11(12)13-5-6-14-7-9-16-10-8-14/h11-13,15H,1-10H2/t11-,12-/m0/s1. The van der Waals surface area contributed by atoms with E-state index in [4.69, 9.17) is 0 Å². The van der Waals surface area contributed by atoms with Gasteiger partial charge in [-0.25, -0.2) is 0 Å². The maximum absolute atomic E-state index is 9.83. The van der Waals surface area contributed by atoms with Gasteiger partial charge in [-0.05, 0) is 12.8 Å². The van der Waals surface area contributed by atoms with Crippen LogP contribution in [0.5, 0.6) is 0 Å². The highest BCUT2D eigenvalue weighted by Crippen LogP contribution is 2.18. The second-order valence-electron chi connectivity index (χ2n) is 4.87. The van der Waals surface area contributed by atoms with Gasteiger partial charge in [-0.2, -0.15) is 11.8 Å². The van der Waals surface area contributed by atoms with Crippen LogP contribution in [0.4, 0.5) is 0 Å². The van der Waals surface area contributed by atoms with Crippen LogP contribution in [-0.2, 0) is 0 Å². The van der Waals surface area contributed by atoms with Gasteiger partial charge in [0.05, 0.1) is 6.10 Å². The zero-order valence-electron chi connectivity index (χ0n) is 10.0. The largest absolute Gasteiger partial charge is 0.392 e. The van der Waals surface area contributed by atoms with Crippen molar-refractivity contribution in [2.24, 2.45) is 0 Å². The van der Waals surface area contributed by atoms with Crippen LogP contribution >= 0.6 is 11.8 Å². The Morgan fingerprint density at radius 1 is 1.19 bits per heavy atom. The molecular weight excluding hydrogens is 220 g/mol. The van der Waals surface area contributed by atoms with Crippen LogP contribution in [-0.4, -0.2) is 59.8 Å². The Kier molecular flexibility index (Phi) is 5.42. The minimum atomic E-state index is -0.106. The van der Waals surface area contributed by atoms with E-state index in [0.717, 1.165) is 25.9 Å². The predicted molar refractivity (Wildman–Crippen MR) is 70.0 cm³/mol. The van der Waals surface area contributed by atoms with Gasteiger partial charge in [-0.1, -0.05) is 12.8 Å². The number of thioether (sulfide) groups is 1. The highest BCUT2D eigenvalue weighted by atomic mass is 32.2. The number of aliphatic hydroxyl groups is 1. The summed E-state index contributed by atoms with van der Waals surface area (Å²) in [6.45, 7) is 4.65. The van der Waals surface area contributed by atoms with E-state index in [0.29, 0.717) is 6.04 Å². The summed E-state index contributed by atoms with van der Waals surface area (Å²) in [7, 11) is 0. The number of nitrogens with zero attached hydrogens (tertiary/aromatic N) is 1. The molecule has 0 amide bonds. The van der Waals surface area contributed by atoms with Gasteiger partial charge < -0.3 is 15.3 Å². The van der Waals surface area contributed by atoms with E-state index in [1.807, 2.05) is 0 Å². The lowest BCUT2D eigenvalue weighted by atomic mass is 9.93. The summed E-state index contributed by atoms with van der Waals surface area (Å²) < 4.78 is 0. The first-order valence-corrected chi connectivity index (χ1v) is 7.73. The summed E-state index contributed by atoms with van der Waals surface area (Å²) in [5.74, 6) is 2.57. The SMILES string of the molecule is O[C@H]1CCCC[C@@H]1NCCN1CCSCC1. The molecule has 0 spiro atoms. The second-order valence-corrected chi connectivity index (χ2v) is 6.09. The van der Waals surface area contributed by atoms with Crippen molar-refractivity contribution >= 4 is 11.8 Å². The van der Waals surface area contributed by atoms with Gasteiger partial charge in [0.2, 0.25) is 0 Å². The van der Waals surface area contributed by atoms with E-state index in [-0.39, 0.29) is 6.10 Å². The third-order valence-electron chi connectivity index (χ3n) is 3.67. The Bertz CT molecular complexity index is 197. The van der Waals surface area contributed by atoms with E-state index >= 15 is 0 Å². The number of rotatable bonds is 4. The lowest BCUT2D eigenvalue weighted by Crippen LogP contribution is -2.46. The van der Waals surface area contributed by atoms with E-state index in [1.165, 1.54) is 37.4 Å². The van der Waals surface area contributed by atoms with Gasteiger partial charge in [0.15, 0.2) is 0 Å². The molecule has 2 atom stereocenters. The van der Waals surface area contributed by atoms with Crippen LogP contribution in [0.3, 0.4) is 0 Å². The zero-order chi connectivity index (χ0) is 11.2. The van der Waals surface area contributed by atoms with Crippen LogP contribution in [0.1, 0.15) is 25.7 Å². The van der Waals surface area contributed by atoms with Gasteiger partial charge in [-0.15, -0.1) is 0 Å². The number of hydrogen-bond donors (Lipinski definition) is 2. The zero-order valence-corrected chi connectivity index (χ0v) is 10.8. The van der Waals surface area contributed by atoms with Crippen molar-refractivity contribution in [3.05, 3.63) is 0 Å². The van der Waals surface area contributed by atoms with Gasteiger partial charge in [-0.3, -0.25) is 0 Å². The lowest BCUT2D eigenvalue weighted by Gasteiger charge is -2.31. The Balaban J connectivity index is 1.59. The molecule has 1 heterocycles. The van der Waals surface area contributed by atoms with Crippen LogP contribution in [0.25, 0.3) is 0 Å². The molecule has 1 saturated carbocycles. The van der Waals surface area contributed by atoms with Gasteiger partial charge in [0.25, 0.3) is 0 Å². The Morgan fingerprint density at radius 3 is 2.69 bits per heavy atom. The first-order chi connectivity index (χ1) is 7.86. The van der Waals surface area contributed by atoms with E-state index in [9.17, 15) is 5.11 Å². The topological polar surface area (TPSA) is 35.5 Å². The minimum absolute atomic E-state index is 0.106. The molecule has 0 aromatic heterocycles. The van der Waals surface area contributed by atoms with Crippen LogP contribution in [0.15, 0.2) is 0 Å². The highest BCUT2D eigenvalue weighted by Gasteiger charge is 2.22. The molecule has 0 bridgehead atoms. The van der Waals surface area contributed by atoms with Crippen LogP contribution in [0, 0.1) is 0 Å². The fourth-order valence-electron chi connectivity index (χ4n) is 2.58. The maximum atomic E-state index is 9.83. The van der Waals surface area contributed by atoms with Gasteiger partial charge in [0.1, 0.15) is 0 Å². The Hall–Kier alpha value is 0.230. The minimum Gasteiger partial charge on any atom is -0.392 e. The summed E-state index contributed by atoms with van der Waals surface area (Å²) in [5.41, 5.74) is 0. The molecule has 1 aliphatic heterocycles. The molecule has 0 aromatic carbocycles. The fourth-order valence-corrected chi connectivity index (χ4v) is 3.56.